The predicted octanol–water partition coefficient (Wildman–Crippen LogP) is 15.5. The maximum absolute atomic E-state index is 10.9. The fraction of sp³-hybridized carbons (Fsp3) is 1.00. The molecule has 1 N–H and O–H groups in total. The molecule has 0 aliphatic carbocycles. The molecular weight excluding hydrogens is 527 g/mol. The number of hydrogen-bond acceptors (Lipinski definition) is 1. The van der Waals surface area contributed by atoms with E-state index in [2.05, 4.69) is 27.7 Å². The highest BCUT2D eigenvalue weighted by Crippen LogP contribution is 2.51. The van der Waals surface area contributed by atoms with Gasteiger partial charge in [0.25, 0.3) is 0 Å². The molecule has 0 fully saturated rings. The standard InChI is InChI=1S/C40H83OP/c1-5-8-10-12-14-16-18-20-22-24-26-28-30-32-34-36-38-40(4,42(41)7-3)39-37-35-33-31-29-27-25-23-21-19-17-15-13-11-9-6-2/h41H,5-39H2,1-4H3. The summed E-state index contributed by atoms with van der Waals surface area (Å²) in [5.41, 5.74) is 0. The van der Waals surface area contributed by atoms with Crippen molar-refractivity contribution >= 4 is 8.15 Å². The fourth-order valence-electron chi connectivity index (χ4n) is 6.87. The molecular formula is C40H83OP. The van der Waals surface area contributed by atoms with Gasteiger partial charge in [-0.25, -0.2) is 0 Å². The van der Waals surface area contributed by atoms with E-state index in [0.29, 0.717) is 0 Å². The molecule has 2 heteroatoms. The molecule has 1 atom stereocenters. The van der Waals surface area contributed by atoms with Gasteiger partial charge in [-0.3, -0.25) is 0 Å². The van der Waals surface area contributed by atoms with Gasteiger partial charge in [-0.1, -0.05) is 233 Å². The lowest BCUT2D eigenvalue weighted by atomic mass is 9.94. The summed E-state index contributed by atoms with van der Waals surface area (Å²) >= 11 is 0. The van der Waals surface area contributed by atoms with Gasteiger partial charge in [-0.15, -0.1) is 0 Å². The summed E-state index contributed by atoms with van der Waals surface area (Å²) in [6, 6.07) is 0. The molecule has 0 radical (unpaired) electrons. The highest BCUT2D eigenvalue weighted by Gasteiger charge is 2.30. The van der Waals surface area contributed by atoms with E-state index in [1.165, 1.54) is 218 Å². The average molecular weight is 611 g/mol. The van der Waals surface area contributed by atoms with Crippen LogP contribution < -0.4 is 0 Å². The van der Waals surface area contributed by atoms with Crippen molar-refractivity contribution < 1.29 is 4.89 Å². The van der Waals surface area contributed by atoms with Gasteiger partial charge in [-0.05, 0) is 19.0 Å². The van der Waals surface area contributed by atoms with E-state index in [1.807, 2.05) is 0 Å². The predicted molar refractivity (Wildman–Crippen MR) is 196 cm³/mol. The Bertz CT molecular complexity index is 456. The summed E-state index contributed by atoms with van der Waals surface area (Å²) in [5.74, 6) is 0. The van der Waals surface area contributed by atoms with Crippen LogP contribution in [0.15, 0.2) is 0 Å². The topological polar surface area (TPSA) is 20.2 Å². The van der Waals surface area contributed by atoms with Crippen LogP contribution in [0.2, 0.25) is 0 Å². The fourth-order valence-corrected chi connectivity index (χ4v) is 8.47. The number of rotatable bonds is 36. The van der Waals surface area contributed by atoms with Crippen molar-refractivity contribution in [3.63, 3.8) is 0 Å². The van der Waals surface area contributed by atoms with Gasteiger partial charge in [-0.2, -0.15) is 0 Å². The molecule has 0 aromatic carbocycles. The number of unbranched alkanes of at least 4 members (excludes halogenated alkanes) is 30. The zero-order valence-electron chi connectivity index (χ0n) is 30.1. The summed E-state index contributed by atoms with van der Waals surface area (Å²) in [6.45, 7) is 9.22. The van der Waals surface area contributed by atoms with Gasteiger partial charge in [0.1, 0.15) is 0 Å². The van der Waals surface area contributed by atoms with Crippen LogP contribution in [0.1, 0.15) is 246 Å². The largest absolute Gasteiger partial charge is 0.373 e. The Morgan fingerprint density at radius 2 is 0.524 bits per heavy atom. The molecule has 0 aromatic heterocycles. The van der Waals surface area contributed by atoms with E-state index < -0.39 is 8.15 Å². The van der Waals surface area contributed by atoms with Crippen LogP contribution in [0.3, 0.4) is 0 Å². The highest BCUT2D eigenvalue weighted by atomic mass is 31.1. The molecule has 0 bridgehead atoms. The Labute approximate surface area is 269 Å². The second kappa shape index (κ2) is 34.3. The first-order valence-corrected chi connectivity index (χ1v) is 21.5. The minimum absolute atomic E-state index is 0.204. The number of hydrogen-bond donors (Lipinski definition) is 1. The van der Waals surface area contributed by atoms with Crippen LogP contribution in [-0.2, 0) is 0 Å². The first-order chi connectivity index (χ1) is 20.6. The minimum atomic E-state index is -0.811. The molecule has 0 rings (SSSR count). The van der Waals surface area contributed by atoms with Gasteiger partial charge >= 0.3 is 0 Å². The van der Waals surface area contributed by atoms with Crippen molar-refractivity contribution in [3.8, 4) is 0 Å². The normalized spacial score (nSPS) is 12.8. The summed E-state index contributed by atoms with van der Waals surface area (Å²) in [6.07, 6.45) is 49.3. The van der Waals surface area contributed by atoms with Crippen molar-refractivity contribution in [2.45, 2.75) is 251 Å². The Morgan fingerprint density at radius 1 is 0.333 bits per heavy atom. The van der Waals surface area contributed by atoms with Crippen LogP contribution in [0.4, 0.5) is 0 Å². The lowest BCUT2D eigenvalue weighted by Crippen LogP contribution is -2.23. The molecule has 0 amide bonds. The monoisotopic (exact) mass is 611 g/mol. The summed E-state index contributed by atoms with van der Waals surface area (Å²) in [4.78, 5) is 10.9. The van der Waals surface area contributed by atoms with E-state index in [4.69, 9.17) is 0 Å². The molecule has 0 aliphatic rings. The molecule has 1 unspecified atom stereocenters. The third-order valence-electron chi connectivity index (χ3n) is 10.1. The lowest BCUT2D eigenvalue weighted by molar-refractivity contribution is 0.430. The van der Waals surface area contributed by atoms with E-state index >= 15 is 0 Å². The van der Waals surface area contributed by atoms with Gasteiger partial charge in [0.2, 0.25) is 0 Å². The average Bonchev–Trinajstić information content (AvgIpc) is 3.00. The Morgan fingerprint density at radius 3 is 0.714 bits per heavy atom. The van der Waals surface area contributed by atoms with Gasteiger partial charge in [0, 0.05) is 13.3 Å². The quantitative estimate of drug-likeness (QED) is 0.0552. The maximum atomic E-state index is 10.9. The first kappa shape index (κ1) is 42.4. The highest BCUT2D eigenvalue weighted by molar-refractivity contribution is 7.53. The zero-order chi connectivity index (χ0) is 30.8. The molecule has 0 aromatic rings. The van der Waals surface area contributed by atoms with E-state index in [1.54, 1.807) is 0 Å². The summed E-state index contributed by atoms with van der Waals surface area (Å²) in [7, 11) is -0.811. The minimum Gasteiger partial charge on any atom is -0.373 e. The van der Waals surface area contributed by atoms with Crippen molar-refractivity contribution in [2.75, 3.05) is 6.16 Å². The SMILES string of the molecule is CCCCCCCCCCCCCCCCCCC(C)(CCCCCCCCCCCCCCCCCC)P(O)CC. The van der Waals surface area contributed by atoms with E-state index in [9.17, 15) is 4.89 Å². The second-order valence-electron chi connectivity index (χ2n) is 14.3. The van der Waals surface area contributed by atoms with E-state index in [0.717, 1.165) is 6.16 Å². The molecule has 42 heavy (non-hydrogen) atoms. The molecule has 1 nitrogen and oxygen atoms in total. The second-order valence-corrected chi connectivity index (χ2v) is 16.8. The van der Waals surface area contributed by atoms with Crippen molar-refractivity contribution in [1.29, 1.82) is 0 Å². The summed E-state index contributed by atoms with van der Waals surface area (Å²) in [5, 5.41) is 0.204. The van der Waals surface area contributed by atoms with E-state index in [-0.39, 0.29) is 5.16 Å². The smallest absolute Gasteiger partial charge is 0.0309 e. The summed E-state index contributed by atoms with van der Waals surface area (Å²) < 4.78 is 0. The zero-order valence-corrected chi connectivity index (χ0v) is 31.0. The Hall–Kier alpha value is 0.390. The van der Waals surface area contributed by atoms with Crippen LogP contribution in [0, 0.1) is 0 Å². The van der Waals surface area contributed by atoms with Crippen LogP contribution >= 0.6 is 8.15 Å². The molecule has 0 saturated carbocycles. The van der Waals surface area contributed by atoms with Crippen LogP contribution in [0.25, 0.3) is 0 Å². The third kappa shape index (κ3) is 29.1. The maximum Gasteiger partial charge on any atom is 0.0309 e. The van der Waals surface area contributed by atoms with Gasteiger partial charge in [0.15, 0.2) is 0 Å². The molecule has 0 spiro atoms. The third-order valence-corrected chi connectivity index (χ3v) is 12.4. The Balaban J connectivity index is 3.61. The van der Waals surface area contributed by atoms with Gasteiger partial charge in [0.05, 0.1) is 0 Å². The van der Waals surface area contributed by atoms with Crippen molar-refractivity contribution in [1.82, 2.24) is 0 Å². The lowest BCUT2D eigenvalue weighted by Gasteiger charge is -2.34. The van der Waals surface area contributed by atoms with Gasteiger partial charge < -0.3 is 4.89 Å². The first-order valence-electron chi connectivity index (χ1n) is 20.1. The molecule has 0 aliphatic heterocycles. The molecule has 0 saturated heterocycles. The molecule has 0 heterocycles. The van der Waals surface area contributed by atoms with Crippen LogP contribution in [0.5, 0.6) is 0 Å². The molecule has 254 valence electrons. The van der Waals surface area contributed by atoms with Crippen molar-refractivity contribution in [3.05, 3.63) is 0 Å². The Kier molecular flexibility index (Phi) is 34.6. The van der Waals surface area contributed by atoms with Crippen molar-refractivity contribution in [2.24, 2.45) is 0 Å². The van der Waals surface area contributed by atoms with Crippen LogP contribution in [-0.4, -0.2) is 16.2 Å².